The molecule has 3 heteroatoms. The van der Waals surface area contributed by atoms with Crippen molar-refractivity contribution in [2.75, 3.05) is 0 Å². The molecular formula is C24H17N3. The van der Waals surface area contributed by atoms with E-state index in [1.165, 1.54) is 0 Å². The molecule has 5 rings (SSSR count). The van der Waals surface area contributed by atoms with Gasteiger partial charge in [0.05, 0.1) is 5.69 Å². The van der Waals surface area contributed by atoms with Gasteiger partial charge in [-0.3, -0.25) is 0 Å². The second-order valence-corrected chi connectivity index (χ2v) is 6.43. The summed E-state index contributed by atoms with van der Waals surface area (Å²) in [6, 6.07) is 32.8. The van der Waals surface area contributed by atoms with Crippen molar-refractivity contribution in [2.45, 2.75) is 0 Å². The van der Waals surface area contributed by atoms with Crippen LogP contribution in [0.15, 0.2) is 102 Å². The molecule has 0 atom stereocenters. The molecule has 1 N–H and O–H groups in total. The van der Waals surface area contributed by atoms with E-state index in [-0.39, 0.29) is 0 Å². The summed E-state index contributed by atoms with van der Waals surface area (Å²) in [5.74, 6) is 0. The second-order valence-electron chi connectivity index (χ2n) is 6.43. The van der Waals surface area contributed by atoms with Gasteiger partial charge in [-0.05, 0) is 29.8 Å². The van der Waals surface area contributed by atoms with Gasteiger partial charge in [0.15, 0.2) is 5.49 Å². The fourth-order valence-electron chi connectivity index (χ4n) is 3.36. The molecule has 0 radical (unpaired) electrons. The number of para-hydroxylation sites is 1. The molecule has 0 fully saturated rings. The molecule has 0 unspecified atom stereocenters. The van der Waals surface area contributed by atoms with Gasteiger partial charge in [0.25, 0.3) is 0 Å². The minimum absolute atomic E-state index is 0.718. The van der Waals surface area contributed by atoms with Gasteiger partial charge < -0.3 is 4.98 Å². The van der Waals surface area contributed by atoms with E-state index in [1.807, 2.05) is 60.7 Å². The van der Waals surface area contributed by atoms with Crippen molar-refractivity contribution in [3.8, 4) is 11.1 Å². The third kappa shape index (κ3) is 2.89. The predicted octanol–water partition coefficient (Wildman–Crippen LogP) is 5.62. The van der Waals surface area contributed by atoms with Gasteiger partial charge in [-0.25, -0.2) is 9.98 Å². The number of nitrogens with zero attached hydrogens (tertiary/aromatic N) is 2. The number of hydrogen-bond donors (Lipinski definition) is 1. The third-order valence-electron chi connectivity index (χ3n) is 4.66. The number of rotatable bonds is 2. The van der Waals surface area contributed by atoms with Crippen LogP contribution < -0.4 is 5.49 Å². The molecule has 0 aliphatic carbocycles. The van der Waals surface area contributed by atoms with E-state index in [9.17, 15) is 0 Å². The Morgan fingerprint density at radius 1 is 0.667 bits per heavy atom. The molecule has 0 saturated carbocycles. The molecule has 27 heavy (non-hydrogen) atoms. The highest BCUT2D eigenvalue weighted by Crippen LogP contribution is 2.26. The lowest BCUT2D eigenvalue weighted by atomic mass is 10.1. The number of aromatic amines is 1. The summed E-state index contributed by atoms with van der Waals surface area (Å²) in [4.78, 5) is 13.1. The average molecular weight is 347 g/mol. The van der Waals surface area contributed by atoms with Crippen molar-refractivity contribution in [3.63, 3.8) is 0 Å². The van der Waals surface area contributed by atoms with Crippen LogP contribution in [0.5, 0.6) is 0 Å². The molecule has 0 saturated heterocycles. The van der Waals surface area contributed by atoms with Crippen molar-refractivity contribution in [1.82, 2.24) is 9.97 Å². The van der Waals surface area contributed by atoms with Crippen LogP contribution >= 0.6 is 0 Å². The van der Waals surface area contributed by atoms with Crippen LogP contribution in [0.2, 0.25) is 0 Å². The fourth-order valence-corrected chi connectivity index (χ4v) is 3.36. The Morgan fingerprint density at radius 3 is 2.11 bits per heavy atom. The minimum Gasteiger partial charge on any atom is -0.339 e. The zero-order valence-corrected chi connectivity index (χ0v) is 14.6. The van der Waals surface area contributed by atoms with Gasteiger partial charge in [-0.15, -0.1) is 0 Å². The lowest BCUT2D eigenvalue weighted by Crippen LogP contribution is -2.10. The number of aromatic nitrogens is 2. The lowest BCUT2D eigenvalue weighted by molar-refractivity contribution is 1.17. The molecule has 0 spiro atoms. The van der Waals surface area contributed by atoms with Crippen LogP contribution in [-0.4, -0.2) is 9.97 Å². The van der Waals surface area contributed by atoms with E-state index in [1.54, 1.807) is 0 Å². The standard InChI is InChI=1S/C24H17N3/c1-4-10-17(11-5-1)20-16-21-19-14-8-3-9-15-22(19)26-24(21)27-23(20)25-18-12-6-2-7-13-18/h1-16H,(H,25,26,27). The lowest BCUT2D eigenvalue weighted by Gasteiger charge is -2.03. The summed E-state index contributed by atoms with van der Waals surface area (Å²) in [5.41, 5.74) is 5.67. The molecular weight excluding hydrogens is 330 g/mol. The number of fused-ring (bicyclic) bond motifs is 3. The predicted molar refractivity (Wildman–Crippen MR) is 111 cm³/mol. The first-order valence-corrected chi connectivity index (χ1v) is 8.95. The van der Waals surface area contributed by atoms with Crippen LogP contribution in [-0.2, 0) is 0 Å². The molecule has 3 nitrogen and oxygen atoms in total. The van der Waals surface area contributed by atoms with Crippen molar-refractivity contribution in [1.29, 1.82) is 0 Å². The highest BCUT2D eigenvalue weighted by atomic mass is 14.9. The van der Waals surface area contributed by atoms with Crippen molar-refractivity contribution in [3.05, 3.63) is 103 Å². The number of pyridine rings is 1. The Morgan fingerprint density at radius 2 is 1.33 bits per heavy atom. The van der Waals surface area contributed by atoms with Gasteiger partial charge in [0.2, 0.25) is 0 Å². The Bertz CT molecular complexity index is 1300. The Balaban J connectivity index is 1.88. The van der Waals surface area contributed by atoms with Crippen molar-refractivity contribution >= 4 is 27.6 Å². The molecule has 2 aromatic heterocycles. The highest BCUT2D eigenvalue weighted by Gasteiger charge is 2.10. The van der Waals surface area contributed by atoms with Gasteiger partial charge in [-0.2, -0.15) is 0 Å². The summed E-state index contributed by atoms with van der Waals surface area (Å²) >= 11 is 0. The van der Waals surface area contributed by atoms with Gasteiger partial charge in [-0.1, -0.05) is 72.8 Å². The molecule has 0 aliphatic heterocycles. The summed E-state index contributed by atoms with van der Waals surface area (Å²) in [6.45, 7) is 0. The number of benzene rings is 2. The van der Waals surface area contributed by atoms with E-state index in [0.29, 0.717) is 0 Å². The van der Waals surface area contributed by atoms with E-state index in [2.05, 4.69) is 41.4 Å². The molecule has 5 aromatic rings. The smallest absolute Gasteiger partial charge is 0.162 e. The van der Waals surface area contributed by atoms with Crippen LogP contribution in [0.3, 0.4) is 0 Å². The van der Waals surface area contributed by atoms with Crippen molar-refractivity contribution in [2.24, 2.45) is 4.99 Å². The number of hydrogen-bond acceptors (Lipinski definition) is 2. The second kappa shape index (κ2) is 6.54. The zero-order valence-electron chi connectivity index (χ0n) is 14.6. The minimum atomic E-state index is 0.718. The summed E-state index contributed by atoms with van der Waals surface area (Å²) in [7, 11) is 0. The molecule has 3 aromatic carbocycles. The Hall–Kier alpha value is -3.72. The largest absolute Gasteiger partial charge is 0.339 e. The first-order chi connectivity index (χ1) is 13.4. The van der Waals surface area contributed by atoms with Gasteiger partial charge in [0, 0.05) is 21.9 Å². The summed E-state index contributed by atoms with van der Waals surface area (Å²) in [5, 5.41) is 2.26. The van der Waals surface area contributed by atoms with Crippen molar-refractivity contribution < 1.29 is 0 Å². The number of nitrogens with one attached hydrogen (secondary N) is 1. The highest BCUT2D eigenvalue weighted by molar-refractivity contribution is 6.06. The molecule has 2 heterocycles. The van der Waals surface area contributed by atoms with E-state index >= 15 is 0 Å². The Kier molecular flexibility index (Phi) is 3.76. The maximum atomic E-state index is 4.88. The van der Waals surface area contributed by atoms with Crippen LogP contribution in [0, 0.1) is 0 Å². The first kappa shape index (κ1) is 15.5. The molecule has 128 valence electrons. The first-order valence-electron chi connectivity index (χ1n) is 8.95. The average Bonchev–Trinajstić information content (AvgIpc) is 2.88. The van der Waals surface area contributed by atoms with Crippen LogP contribution in [0.25, 0.3) is 33.1 Å². The fraction of sp³-hybridized carbons (Fsp3) is 0. The summed E-state index contributed by atoms with van der Waals surface area (Å²) < 4.78 is 0. The van der Waals surface area contributed by atoms with Crippen LogP contribution in [0.1, 0.15) is 0 Å². The van der Waals surface area contributed by atoms with E-state index in [0.717, 1.165) is 44.2 Å². The Labute approximate surface area is 156 Å². The molecule has 0 bridgehead atoms. The third-order valence-corrected chi connectivity index (χ3v) is 4.66. The quantitative estimate of drug-likeness (QED) is 0.443. The maximum Gasteiger partial charge on any atom is 0.162 e. The topological polar surface area (TPSA) is 41.0 Å². The molecule has 0 aliphatic rings. The van der Waals surface area contributed by atoms with Crippen LogP contribution in [0.4, 0.5) is 5.69 Å². The van der Waals surface area contributed by atoms with E-state index < -0.39 is 0 Å². The van der Waals surface area contributed by atoms with Gasteiger partial charge in [0.1, 0.15) is 5.65 Å². The number of H-pyrrole nitrogens is 1. The monoisotopic (exact) mass is 347 g/mol. The zero-order chi connectivity index (χ0) is 18.1. The van der Waals surface area contributed by atoms with Gasteiger partial charge >= 0.3 is 0 Å². The normalized spacial score (nSPS) is 11.9. The summed E-state index contributed by atoms with van der Waals surface area (Å²) in [6.07, 6.45) is 0. The maximum absolute atomic E-state index is 4.88. The molecule has 0 amide bonds. The SMILES string of the molecule is c1ccc(N=c2nc3[nH]c4cccccc4c3cc2-c2ccccc2)cc1. The van der Waals surface area contributed by atoms with E-state index in [4.69, 9.17) is 9.98 Å².